The number of carbonyl (C=O) groups is 1. The number of ether oxygens (including phenoxy) is 1. The van der Waals surface area contributed by atoms with Gasteiger partial charge >= 0.3 is 5.97 Å². The summed E-state index contributed by atoms with van der Waals surface area (Å²) in [6.07, 6.45) is 6.14. The van der Waals surface area contributed by atoms with E-state index in [4.69, 9.17) is 9.72 Å². The second-order valence-corrected chi connectivity index (χ2v) is 9.95. The standard InChI is InChI=1S/C29H33FN4O2/c1-18-19(2)31-29(32-24-11-9-23(30)10-12-24)33-27(18)34-16-15-22-17-25(13-14-26(22)20(34)3)36-28(35)21-7-5-4-6-8-21/h9-14,17,20-21H,4-8,15-16H2,1-3H3,(H,31,32,33). The van der Waals surface area contributed by atoms with Gasteiger partial charge in [0.2, 0.25) is 5.95 Å². The first-order valence-electron chi connectivity index (χ1n) is 12.9. The van der Waals surface area contributed by atoms with Crippen molar-refractivity contribution in [2.45, 2.75) is 65.3 Å². The summed E-state index contributed by atoms with van der Waals surface area (Å²) < 4.78 is 19.1. The number of aromatic nitrogens is 2. The molecule has 36 heavy (non-hydrogen) atoms. The minimum Gasteiger partial charge on any atom is -0.426 e. The number of fused-ring (bicyclic) bond motifs is 1. The lowest BCUT2D eigenvalue weighted by Crippen LogP contribution is -2.35. The number of benzene rings is 2. The van der Waals surface area contributed by atoms with Gasteiger partial charge in [-0.3, -0.25) is 4.79 Å². The van der Waals surface area contributed by atoms with Crippen LogP contribution >= 0.6 is 0 Å². The highest BCUT2D eigenvalue weighted by Gasteiger charge is 2.28. The third-order valence-electron chi connectivity index (χ3n) is 7.55. The zero-order chi connectivity index (χ0) is 25.2. The van der Waals surface area contributed by atoms with Gasteiger partial charge in [-0.05, 0) is 87.6 Å². The van der Waals surface area contributed by atoms with Gasteiger partial charge in [0.25, 0.3) is 0 Å². The molecular weight excluding hydrogens is 455 g/mol. The fourth-order valence-electron chi connectivity index (χ4n) is 5.31. The third-order valence-corrected chi connectivity index (χ3v) is 7.55. The molecule has 0 saturated heterocycles. The minimum absolute atomic E-state index is 0.0332. The van der Waals surface area contributed by atoms with Crippen LogP contribution in [0.15, 0.2) is 42.5 Å². The predicted molar refractivity (Wildman–Crippen MR) is 139 cm³/mol. The number of rotatable bonds is 5. The van der Waals surface area contributed by atoms with E-state index in [0.717, 1.165) is 61.4 Å². The molecule has 0 amide bonds. The maximum Gasteiger partial charge on any atom is 0.314 e. The highest BCUT2D eigenvalue weighted by atomic mass is 19.1. The lowest BCUT2D eigenvalue weighted by Gasteiger charge is -2.37. The Bertz CT molecular complexity index is 1250. The Labute approximate surface area is 211 Å². The molecule has 1 fully saturated rings. The molecule has 188 valence electrons. The summed E-state index contributed by atoms with van der Waals surface area (Å²) in [7, 11) is 0. The summed E-state index contributed by atoms with van der Waals surface area (Å²) in [6, 6.07) is 12.3. The van der Waals surface area contributed by atoms with Crippen LogP contribution in [0.1, 0.15) is 67.5 Å². The molecule has 0 bridgehead atoms. The molecule has 2 heterocycles. The Balaban J connectivity index is 1.35. The van der Waals surface area contributed by atoms with Crippen LogP contribution in [0, 0.1) is 25.6 Å². The van der Waals surface area contributed by atoms with Crippen LogP contribution in [0.5, 0.6) is 5.75 Å². The molecule has 2 aromatic carbocycles. The van der Waals surface area contributed by atoms with Crippen LogP contribution in [0.3, 0.4) is 0 Å². The van der Waals surface area contributed by atoms with Crippen LogP contribution in [-0.2, 0) is 11.2 Å². The highest BCUT2D eigenvalue weighted by Crippen LogP contribution is 2.37. The lowest BCUT2D eigenvalue weighted by molar-refractivity contribution is -0.139. The Morgan fingerprint density at radius 2 is 1.81 bits per heavy atom. The van der Waals surface area contributed by atoms with Gasteiger partial charge in [0.05, 0.1) is 12.0 Å². The molecular formula is C29H33FN4O2. The molecule has 1 aliphatic carbocycles. The normalized spacial score (nSPS) is 18.0. The van der Waals surface area contributed by atoms with Crippen molar-refractivity contribution in [3.05, 3.63) is 70.7 Å². The first-order valence-corrected chi connectivity index (χ1v) is 12.9. The van der Waals surface area contributed by atoms with E-state index in [0.29, 0.717) is 11.7 Å². The van der Waals surface area contributed by atoms with E-state index in [1.165, 1.54) is 29.7 Å². The zero-order valence-corrected chi connectivity index (χ0v) is 21.2. The average molecular weight is 489 g/mol. The van der Waals surface area contributed by atoms with Crippen molar-refractivity contribution in [1.82, 2.24) is 9.97 Å². The minimum atomic E-state index is -0.282. The molecule has 1 aliphatic heterocycles. The topological polar surface area (TPSA) is 67.3 Å². The van der Waals surface area contributed by atoms with Crippen molar-refractivity contribution in [3.8, 4) is 5.75 Å². The van der Waals surface area contributed by atoms with Gasteiger partial charge in [-0.25, -0.2) is 9.37 Å². The van der Waals surface area contributed by atoms with Crippen LogP contribution in [0.2, 0.25) is 0 Å². The number of nitrogens with zero attached hydrogens (tertiary/aromatic N) is 3. The molecule has 1 saturated carbocycles. The first-order chi connectivity index (χ1) is 17.4. The van der Waals surface area contributed by atoms with Gasteiger partial charge in [0.15, 0.2) is 0 Å². The number of carbonyl (C=O) groups excluding carboxylic acids is 1. The second kappa shape index (κ2) is 10.2. The van der Waals surface area contributed by atoms with Crippen molar-refractivity contribution in [2.24, 2.45) is 5.92 Å². The van der Waals surface area contributed by atoms with Crippen molar-refractivity contribution >= 4 is 23.4 Å². The molecule has 1 aromatic heterocycles. The van der Waals surface area contributed by atoms with Gasteiger partial charge in [-0.2, -0.15) is 4.98 Å². The van der Waals surface area contributed by atoms with Crippen LogP contribution < -0.4 is 15.0 Å². The number of nitrogens with one attached hydrogen (secondary N) is 1. The molecule has 1 atom stereocenters. The SMILES string of the molecule is Cc1nc(Nc2ccc(F)cc2)nc(N2CCc3cc(OC(=O)C4CCCCC4)ccc3C2C)c1C. The zero-order valence-electron chi connectivity index (χ0n) is 21.2. The summed E-state index contributed by atoms with van der Waals surface area (Å²) >= 11 is 0. The lowest BCUT2D eigenvalue weighted by atomic mass is 9.89. The van der Waals surface area contributed by atoms with Crippen molar-refractivity contribution in [3.63, 3.8) is 0 Å². The highest BCUT2D eigenvalue weighted by molar-refractivity contribution is 5.75. The quantitative estimate of drug-likeness (QED) is 0.323. The molecule has 6 nitrogen and oxygen atoms in total. The van der Waals surface area contributed by atoms with E-state index in [2.05, 4.69) is 28.2 Å². The van der Waals surface area contributed by atoms with Gasteiger partial charge in [0.1, 0.15) is 17.4 Å². The van der Waals surface area contributed by atoms with Gasteiger partial charge in [-0.1, -0.05) is 25.3 Å². The van der Waals surface area contributed by atoms with E-state index < -0.39 is 0 Å². The fraction of sp³-hybridized carbons (Fsp3) is 0.414. The Morgan fingerprint density at radius 3 is 2.56 bits per heavy atom. The van der Waals surface area contributed by atoms with E-state index in [-0.39, 0.29) is 23.7 Å². The van der Waals surface area contributed by atoms with Gasteiger partial charge in [-0.15, -0.1) is 0 Å². The Kier molecular flexibility index (Phi) is 6.90. The summed E-state index contributed by atoms with van der Waals surface area (Å²) in [5, 5.41) is 3.20. The maximum absolute atomic E-state index is 13.3. The van der Waals surface area contributed by atoms with Crippen LogP contribution in [0.25, 0.3) is 0 Å². The van der Waals surface area contributed by atoms with E-state index in [1.807, 2.05) is 26.0 Å². The third kappa shape index (κ3) is 5.06. The largest absolute Gasteiger partial charge is 0.426 e. The first kappa shape index (κ1) is 24.2. The number of anilines is 3. The summed E-state index contributed by atoms with van der Waals surface area (Å²) in [5.74, 6) is 1.68. The molecule has 0 radical (unpaired) electrons. The smallest absolute Gasteiger partial charge is 0.314 e. The monoisotopic (exact) mass is 488 g/mol. The Morgan fingerprint density at radius 1 is 1.06 bits per heavy atom. The molecule has 1 N–H and O–H groups in total. The molecule has 3 aromatic rings. The van der Waals surface area contributed by atoms with E-state index in [1.54, 1.807) is 12.1 Å². The fourth-order valence-corrected chi connectivity index (χ4v) is 5.31. The van der Waals surface area contributed by atoms with E-state index in [9.17, 15) is 9.18 Å². The predicted octanol–water partition coefficient (Wildman–Crippen LogP) is 6.59. The molecule has 0 spiro atoms. The summed E-state index contributed by atoms with van der Waals surface area (Å²) in [4.78, 5) is 24.4. The van der Waals surface area contributed by atoms with Crippen molar-refractivity contribution < 1.29 is 13.9 Å². The number of hydrogen-bond acceptors (Lipinski definition) is 6. The number of esters is 1. The van der Waals surface area contributed by atoms with E-state index >= 15 is 0 Å². The number of aryl methyl sites for hydroxylation is 1. The number of halogens is 1. The summed E-state index contributed by atoms with van der Waals surface area (Å²) in [5.41, 5.74) is 5.08. The summed E-state index contributed by atoms with van der Waals surface area (Å²) in [6.45, 7) is 6.99. The second-order valence-electron chi connectivity index (χ2n) is 9.95. The molecule has 2 aliphatic rings. The van der Waals surface area contributed by atoms with Crippen LogP contribution in [-0.4, -0.2) is 22.5 Å². The van der Waals surface area contributed by atoms with Crippen LogP contribution in [0.4, 0.5) is 21.8 Å². The molecule has 5 rings (SSSR count). The van der Waals surface area contributed by atoms with Gasteiger partial charge < -0.3 is 15.0 Å². The molecule has 1 unspecified atom stereocenters. The van der Waals surface area contributed by atoms with Crippen molar-refractivity contribution in [2.75, 3.05) is 16.8 Å². The molecule has 7 heteroatoms. The number of hydrogen-bond donors (Lipinski definition) is 1. The van der Waals surface area contributed by atoms with Crippen molar-refractivity contribution in [1.29, 1.82) is 0 Å². The Hall–Kier alpha value is -3.48. The maximum atomic E-state index is 13.3. The average Bonchev–Trinajstić information content (AvgIpc) is 2.88. The van der Waals surface area contributed by atoms with Gasteiger partial charge in [0, 0.05) is 23.5 Å².